The van der Waals surface area contributed by atoms with Gasteiger partial charge in [0.15, 0.2) is 0 Å². The van der Waals surface area contributed by atoms with Crippen LogP contribution in [-0.2, 0) is 6.37 Å². The summed E-state index contributed by atoms with van der Waals surface area (Å²) in [6.45, 7) is 5.78. The summed E-state index contributed by atoms with van der Waals surface area (Å²) in [5.74, 6) is 0. The summed E-state index contributed by atoms with van der Waals surface area (Å²) in [4.78, 5) is 4.62. The van der Waals surface area contributed by atoms with E-state index in [0.717, 1.165) is 44.3 Å². The molecule has 0 unspecified atom stereocenters. The van der Waals surface area contributed by atoms with Gasteiger partial charge in [0.05, 0.1) is 5.69 Å². The summed E-state index contributed by atoms with van der Waals surface area (Å²) in [5, 5.41) is 2.18. The van der Waals surface area contributed by atoms with E-state index in [1.165, 1.54) is 0 Å². The van der Waals surface area contributed by atoms with Gasteiger partial charge in [-0.15, -0.1) is 0 Å². The SMILES string of the molecule is [2H]C([2H])(c1ccc(-c2ccnc(-c3cccc4c3oc3ccccc34)c2)cc1)C(C)(C)C. The molecule has 0 aliphatic carbocycles. The molecule has 5 aromatic rings. The summed E-state index contributed by atoms with van der Waals surface area (Å²) in [7, 11) is 0. The molecule has 0 aliphatic rings. The summed E-state index contributed by atoms with van der Waals surface area (Å²) in [6, 6.07) is 26.0. The molecule has 2 heterocycles. The fourth-order valence-corrected chi connectivity index (χ4v) is 3.89. The normalized spacial score (nSPS) is 13.4. The number of aromatic nitrogens is 1. The van der Waals surface area contributed by atoms with E-state index in [2.05, 4.69) is 23.2 Å². The molecular formula is C28H25NO. The summed E-state index contributed by atoms with van der Waals surface area (Å²) >= 11 is 0. The van der Waals surface area contributed by atoms with Gasteiger partial charge in [-0.25, -0.2) is 0 Å². The maximum Gasteiger partial charge on any atom is 0.144 e. The Balaban J connectivity index is 1.56. The number of furan rings is 1. The minimum Gasteiger partial charge on any atom is -0.455 e. The van der Waals surface area contributed by atoms with Crippen molar-refractivity contribution in [2.75, 3.05) is 0 Å². The Bertz CT molecular complexity index is 1430. The van der Waals surface area contributed by atoms with Gasteiger partial charge in [-0.3, -0.25) is 4.98 Å². The molecule has 0 bridgehead atoms. The zero-order chi connectivity index (χ0) is 22.5. The van der Waals surface area contributed by atoms with E-state index in [0.29, 0.717) is 5.56 Å². The van der Waals surface area contributed by atoms with Gasteiger partial charge in [0, 0.05) is 25.3 Å². The van der Waals surface area contributed by atoms with E-state index in [4.69, 9.17) is 7.16 Å². The van der Waals surface area contributed by atoms with Crippen LogP contribution < -0.4 is 0 Å². The van der Waals surface area contributed by atoms with Gasteiger partial charge in [-0.1, -0.05) is 75.4 Å². The van der Waals surface area contributed by atoms with Crippen LogP contribution in [0.5, 0.6) is 0 Å². The van der Waals surface area contributed by atoms with Crippen molar-refractivity contribution in [2.24, 2.45) is 5.41 Å². The van der Waals surface area contributed by atoms with Gasteiger partial charge < -0.3 is 4.42 Å². The minimum absolute atomic E-state index is 0.483. The molecule has 3 aromatic carbocycles. The van der Waals surface area contributed by atoms with E-state index in [1.807, 2.05) is 87.6 Å². The van der Waals surface area contributed by atoms with Crippen molar-refractivity contribution >= 4 is 21.9 Å². The van der Waals surface area contributed by atoms with Crippen LogP contribution >= 0.6 is 0 Å². The summed E-state index contributed by atoms with van der Waals surface area (Å²) in [6.07, 6.45) is 0.403. The van der Waals surface area contributed by atoms with Crippen molar-refractivity contribution in [3.8, 4) is 22.4 Å². The Morgan fingerprint density at radius 3 is 2.40 bits per heavy atom. The van der Waals surface area contributed by atoms with Crippen LogP contribution in [0.2, 0.25) is 0 Å². The highest BCUT2D eigenvalue weighted by Crippen LogP contribution is 2.36. The monoisotopic (exact) mass is 393 g/mol. The molecule has 0 atom stereocenters. The maximum absolute atomic E-state index is 8.51. The Morgan fingerprint density at radius 1 is 0.833 bits per heavy atom. The van der Waals surface area contributed by atoms with Gasteiger partial charge in [-0.2, -0.15) is 0 Å². The van der Waals surface area contributed by atoms with Crippen molar-refractivity contribution in [1.82, 2.24) is 4.98 Å². The molecule has 30 heavy (non-hydrogen) atoms. The second-order valence-electron chi connectivity index (χ2n) is 8.66. The lowest BCUT2D eigenvalue weighted by Crippen LogP contribution is -2.08. The first-order valence-electron chi connectivity index (χ1n) is 11.2. The van der Waals surface area contributed by atoms with Gasteiger partial charge in [0.1, 0.15) is 11.2 Å². The fraction of sp³-hybridized carbons (Fsp3) is 0.179. The highest BCUT2D eigenvalue weighted by molar-refractivity contribution is 6.09. The lowest BCUT2D eigenvalue weighted by atomic mass is 9.87. The Labute approximate surface area is 180 Å². The quantitative estimate of drug-likeness (QED) is 0.311. The topological polar surface area (TPSA) is 26.0 Å². The largest absolute Gasteiger partial charge is 0.455 e. The Kier molecular flexibility index (Phi) is 3.91. The summed E-state index contributed by atoms with van der Waals surface area (Å²) in [5.41, 5.74) is 5.79. The molecule has 0 spiro atoms. The van der Waals surface area contributed by atoms with Crippen LogP contribution in [0.25, 0.3) is 44.3 Å². The number of benzene rings is 3. The van der Waals surface area contributed by atoms with Crippen molar-refractivity contribution in [2.45, 2.75) is 27.1 Å². The standard InChI is InChI=1S/C28H25NO/c1-28(2,3)18-19-11-13-20(14-12-19)21-15-16-29-25(17-21)24-9-6-8-23-22-7-4-5-10-26(22)30-27(23)24/h4-17H,18H2,1-3H3/i18D2. The third-order valence-corrected chi connectivity index (χ3v) is 5.18. The molecular weight excluding hydrogens is 366 g/mol. The second kappa shape index (κ2) is 7.14. The zero-order valence-corrected chi connectivity index (χ0v) is 17.4. The predicted molar refractivity (Wildman–Crippen MR) is 126 cm³/mol. The van der Waals surface area contributed by atoms with Crippen molar-refractivity contribution in [3.05, 3.63) is 90.6 Å². The van der Waals surface area contributed by atoms with Crippen LogP contribution in [0.1, 0.15) is 29.1 Å². The lowest BCUT2D eigenvalue weighted by Gasteiger charge is -2.18. The molecule has 2 heteroatoms. The van der Waals surface area contributed by atoms with Crippen LogP contribution in [0.3, 0.4) is 0 Å². The number of hydrogen-bond acceptors (Lipinski definition) is 2. The van der Waals surface area contributed by atoms with Crippen LogP contribution in [0.4, 0.5) is 0 Å². The van der Waals surface area contributed by atoms with E-state index in [9.17, 15) is 0 Å². The van der Waals surface area contributed by atoms with Gasteiger partial charge in [0.2, 0.25) is 0 Å². The zero-order valence-electron chi connectivity index (χ0n) is 19.4. The Hall–Kier alpha value is -3.39. The van der Waals surface area contributed by atoms with E-state index >= 15 is 0 Å². The molecule has 0 saturated heterocycles. The third kappa shape index (κ3) is 3.50. The first-order chi connectivity index (χ1) is 15.3. The average molecular weight is 394 g/mol. The molecule has 0 N–H and O–H groups in total. The van der Waals surface area contributed by atoms with Crippen molar-refractivity contribution in [1.29, 1.82) is 0 Å². The van der Waals surface area contributed by atoms with E-state index < -0.39 is 11.8 Å². The summed E-state index contributed by atoms with van der Waals surface area (Å²) < 4.78 is 23.2. The van der Waals surface area contributed by atoms with E-state index in [-0.39, 0.29) is 0 Å². The van der Waals surface area contributed by atoms with E-state index in [1.54, 1.807) is 0 Å². The van der Waals surface area contributed by atoms with Crippen LogP contribution in [-0.4, -0.2) is 4.98 Å². The highest BCUT2D eigenvalue weighted by Gasteiger charge is 2.14. The minimum atomic E-state index is -1.41. The number of para-hydroxylation sites is 2. The van der Waals surface area contributed by atoms with Crippen molar-refractivity contribution < 1.29 is 7.16 Å². The van der Waals surface area contributed by atoms with Gasteiger partial charge >= 0.3 is 0 Å². The third-order valence-electron chi connectivity index (χ3n) is 5.18. The molecule has 0 aliphatic heterocycles. The average Bonchev–Trinajstić information content (AvgIpc) is 3.17. The molecule has 0 amide bonds. The fourth-order valence-electron chi connectivity index (χ4n) is 3.89. The van der Waals surface area contributed by atoms with Crippen LogP contribution in [0.15, 0.2) is 89.5 Å². The molecule has 0 radical (unpaired) electrons. The number of rotatable bonds is 3. The Morgan fingerprint density at radius 2 is 1.60 bits per heavy atom. The van der Waals surface area contributed by atoms with Gasteiger partial charge in [0.25, 0.3) is 0 Å². The van der Waals surface area contributed by atoms with Crippen molar-refractivity contribution in [3.63, 3.8) is 0 Å². The molecule has 2 nitrogen and oxygen atoms in total. The molecule has 0 fully saturated rings. The molecule has 2 aromatic heterocycles. The predicted octanol–water partition coefficient (Wildman–Crippen LogP) is 7.90. The van der Waals surface area contributed by atoms with Gasteiger partial charge in [-0.05, 0) is 52.7 Å². The second-order valence-corrected chi connectivity index (χ2v) is 8.66. The highest BCUT2D eigenvalue weighted by atomic mass is 16.3. The maximum atomic E-state index is 8.51. The first-order valence-corrected chi connectivity index (χ1v) is 10.2. The lowest BCUT2D eigenvalue weighted by molar-refractivity contribution is 0.411. The smallest absolute Gasteiger partial charge is 0.144 e. The first kappa shape index (κ1) is 16.4. The number of nitrogens with zero attached hydrogens (tertiary/aromatic N) is 1. The number of hydrogen-bond donors (Lipinski definition) is 0. The number of pyridine rings is 1. The number of fused-ring (bicyclic) bond motifs is 3. The van der Waals surface area contributed by atoms with Crippen LogP contribution in [0, 0.1) is 5.41 Å². The molecule has 148 valence electrons. The molecule has 0 saturated carbocycles. The molecule has 5 rings (SSSR count).